The van der Waals surface area contributed by atoms with E-state index in [2.05, 4.69) is 27.7 Å². The third-order valence-corrected chi connectivity index (χ3v) is 4.29. The van der Waals surface area contributed by atoms with Gasteiger partial charge in [-0.25, -0.2) is 4.39 Å². The van der Waals surface area contributed by atoms with Gasteiger partial charge in [0.05, 0.1) is 10.6 Å². The minimum absolute atomic E-state index is 0.0295. The molecule has 0 amide bonds. The Morgan fingerprint density at radius 3 is 2.57 bits per heavy atom. The first-order valence-electron chi connectivity index (χ1n) is 6.04. The molecule has 3 nitrogen and oxygen atoms in total. The highest BCUT2D eigenvalue weighted by atomic mass is 127. The molecule has 0 fully saturated rings. The van der Waals surface area contributed by atoms with Gasteiger partial charge >= 0.3 is 0 Å². The Balaban J connectivity index is 2.28. The monoisotopic (exact) mass is 414 g/mol. The Labute approximate surface area is 139 Å². The fraction of sp³-hybridized carbons (Fsp3) is 0. The predicted octanol–water partition coefficient (Wildman–Crippen LogP) is 4.99. The van der Waals surface area contributed by atoms with E-state index in [1.54, 1.807) is 12.1 Å². The first kappa shape index (κ1) is 14.3. The number of aromatic nitrogens is 1. The van der Waals surface area contributed by atoms with Gasteiger partial charge in [-0.3, -0.25) is 0 Å². The van der Waals surface area contributed by atoms with Gasteiger partial charge in [0, 0.05) is 14.7 Å². The molecule has 21 heavy (non-hydrogen) atoms. The fourth-order valence-electron chi connectivity index (χ4n) is 2.09. The number of nitrogen functional groups attached to an aromatic ring is 1. The summed E-state index contributed by atoms with van der Waals surface area (Å²) in [5.41, 5.74) is 7.36. The Bertz CT molecular complexity index is 819. The molecule has 0 bridgehead atoms. The van der Waals surface area contributed by atoms with Crippen molar-refractivity contribution >= 4 is 40.0 Å². The van der Waals surface area contributed by atoms with E-state index in [1.807, 2.05) is 24.3 Å². The molecule has 0 unspecified atom stereocenters. The summed E-state index contributed by atoms with van der Waals surface area (Å²) in [4.78, 5) is 0. The molecule has 0 aliphatic carbocycles. The average molecular weight is 415 g/mol. The summed E-state index contributed by atoms with van der Waals surface area (Å²) < 4.78 is 20.6. The number of benzene rings is 2. The molecule has 2 N–H and O–H groups in total. The standard InChI is InChI=1S/C15H9ClFIN2O/c16-10-6-3-5-9(13(10)17)12-14(21-20-15(12)19)8-4-1-2-7-11(8)18/h1-7H,(H2,19,20). The van der Waals surface area contributed by atoms with Crippen LogP contribution in [0.4, 0.5) is 10.2 Å². The van der Waals surface area contributed by atoms with E-state index >= 15 is 0 Å². The lowest BCUT2D eigenvalue weighted by Crippen LogP contribution is -1.93. The molecule has 1 heterocycles. The molecule has 106 valence electrons. The summed E-state index contributed by atoms with van der Waals surface area (Å²) in [7, 11) is 0. The number of nitrogens with two attached hydrogens (primary N) is 1. The van der Waals surface area contributed by atoms with Crippen LogP contribution in [0.5, 0.6) is 0 Å². The fourth-order valence-corrected chi connectivity index (χ4v) is 2.90. The molecule has 0 radical (unpaired) electrons. The highest BCUT2D eigenvalue weighted by molar-refractivity contribution is 14.1. The minimum atomic E-state index is -0.541. The van der Waals surface area contributed by atoms with E-state index in [-0.39, 0.29) is 16.4 Å². The molecular weight excluding hydrogens is 406 g/mol. The van der Waals surface area contributed by atoms with Crippen LogP contribution in [0.1, 0.15) is 0 Å². The highest BCUT2D eigenvalue weighted by Crippen LogP contribution is 2.40. The first-order valence-corrected chi connectivity index (χ1v) is 7.49. The van der Waals surface area contributed by atoms with Crippen LogP contribution in [0.3, 0.4) is 0 Å². The number of hydrogen-bond donors (Lipinski definition) is 1. The normalized spacial score (nSPS) is 10.8. The van der Waals surface area contributed by atoms with Gasteiger partial charge in [0.15, 0.2) is 11.6 Å². The van der Waals surface area contributed by atoms with Crippen LogP contribution in [0.25, 0.3) is 22.5 Å². The van der Waals surface area contributed by atoms with Crippen LogP contribution >= 0.6 is 34.2 Å². The van der Waals surface area contributed by atoms with E-state index in [9.17, 15) is 4.39 Å². The third kappa shape index (κ3) is 2.51. The minimum Gasteiger partial charge on any atom is -0.380 e. The van der Waals surface area contributed by atoms with Gasteiger partial charge < -0.3 is 10.3 Å². The molecule has 1 aromatic heterocycles. The molecule has 2 aromatic carbocycles. The lowest BCUT2D eigenvalue weighted by Gasteiger charge is -2.06. The molecule has 0 aliphatic heterocycles. The predicted molar refractivity (Wildman–Crippen MR) is 89.5 cm³/mol. The van der Waals surface area contributed by atoms with Gasteiger partial charge in [0.1, 0.15) is 5.82 Å². The number of halogens is 3. The number of nitrogens with zero attached hydrogens (tertiary/aromatic N) is 1. The van der Waals surface area contributed by atoms with E-state index in [0.717, 1.165) is 9.13 Å². The first-order chi connectivity index (χ1) is 10.1. The second kappa shape index (κ2) is 5.65. The Hall–Kier alpha value is -1.60. The van der Waals surface area contributed by atoms with Gasteiger partial charge in [0.25, 0.3) is 0 Å². The lowest BCUT2D eigenvalue weighted by molar-refractivity contribution is 0.436. The Morgan fingerprint density at radius 1 is 1.10 bits per heavy atom. The van der Waals surface area contributed by atoms with E-state index in [4.69, 9.17) is 21.9 Å². The van der Waals surface area contributed by atoms with Crippen molar-refractivity contribution in [3.05, 3.63) is 56.9 Å². The van der Waals surface area contributed by atoms with Crippen molar-refractivity contribution in [3.63, 3.8) is 0 Å². The van der Waals surface area contributed by atoms with Crippen molar-refractivity contribution in [2.45, 2.75) is 0 Å². The summed E-state index contributed by atoms with van der Waals surface area (Å²) >= 11 is 8.02. The molecule has 0 spiro atoms. The SMILES string of the molecule is Nc1noc(-c2ccccc2I)c1-c1cccc(Cl)c1F. The van der Waals surface area contributed by atoms with Crippen LogP contribution in [0, 0.1) is 9.39 Å². The molecule has 0 atom stereocenters. The van der Waals surface area contributed by atoms with Crippen LogP contribution in [-0.2, 0) is 0 Å². The van der Waals surface area contributed by atoms with Crippen LogP contribution < -0.4 is 5.73 Å². The zero-order chi connectivity index (χ0) is 15.0. The van der Waals surface area contributed by atoms with Crippen molar-refractivity contribution in [1.29, 1.82) is 0 Å². The van der Waals surface area contributed by atoms with Crippen molar-refractivity contribution in [1.82, 2.24) is 5.16 Å². The number of anilines is 1. The zero-order valence-corrected chi connectivity index (χ0v) is 13.5. The van der Waals surface area contributed by atoms with E-state index < -0.39 is 5.82 Å². The number of rotatable bonds is 2. The maximum atomic E-state index is 14.3. The quantitative estimate of drug-likeness (QED) is 0.601. The second-order valence-corrected chi connectivity index (χ2v) is 5.92. The van der Waals surface area contributed by atoms with Gasteiger partial charge in [0.2, 0.25) is 0 Å². The largest absolute Gasteiger partial charge is 0.380 e. The molecule has 3 rings (SSSR count). The molecule has 0 saturated heterocycles. The highest BCUT2D eigenvalue weighted by Gasteiger charge is 2.22. The molecule has 3 aromatic rings. The number of hydrogen-bond acceptors (Lipinski definition) is 3. The molecule has 0 aliphatic rings. The summed E-state index contributed by atoms with van der Waals surface area (Å²) in [6.07, 6.45) is 0. The molecule has 0 saturated carbocycles. The van der Waals surface area contributed by atoms with Crippen LogP contribution in [-0.4, -0.2) is 5.16 Å². The van der Waals surface area contributed by atoms with Crippen molar-refractivity contribution < 1.29 is 8.91 Å². The Morgan fingerprint density at radius 2 is 1.81 bits per heavy atom. The topological polar surface area (TPSA) is 52.0 Å². The smallest absolute Gasteiger partial charge is 0.178 e. The van der Waals surface area contributed by atoms with E-state index in [0.29, 0.717) is 11.3 Å². The molecular formula is C15H9ClFIN2O. The summed E-state index contributed by atoms with van der Waals surface area (Å²) in [6.45, 7) is 0. The van der Waals surface area contributed by atoms with Crippen LogP contribution in [0.2, 0.25) is 5.02 Å². The van der Waals surface area contributed by atoms with Gasteiger partial charge in [-0.15, -0.1) is 0 Å². The van der Waals surface area contributed by atoms with E-state index in [1.165, 1.54) is 6.07 Å². The maximum absolute atomic E-state index is 14.3. The van der Waals surface area contributed by atoms with Crippen molar-refractivity contribution in [2.75, 3.05) is 5.73 Å². The van der Waals surface area contributed by atoms with Crippen molar-refractivity contribution in [2.24, 2.45) is 0 Å². The Kier molecular flexibility index (Phi) is 3.86. The summed E-state index contributed by atoms with van der Waals surface area (Å²) in [5.74, 6) is 0.0192. The lowest BCUT2D eigenvalue weighted by atomic mass is 10.0. The summed E-state index contributed by atoms with van der Waals surface area (Å²) in [6, 6.07) is 12.3. The maximum Gasteiger partial charge on any atom is 0.178 e. The van der Waals surface area contributed by atoms with Gasteiger partial charge in [-0.05, 0) is 34.7 Å². The van der Waals surface area contributed by atoms with Gasteiger partial charge in [-0.1, -0.05) is 47.1 Å². The molecule has 6 heteroatoms. The average Bonchev–Trinajstić information content (AvgIpc) is 2.84. The van der Waals surface area contributed by atoms with Crippen LogP contribution in [0.15, 0.2) is 47.0 Å². The third-order valence-electron chi connectivity index (χ3n) is 3.06. The zero-order valence-electron chi connectivity index (χ0n) is 10.6. The van der Waals surface area contributed by atoms with Crippen molar-refractivity contribution in [3.8, 4) is 22.5 Å². The summed E-state index contributed by atoms with van der Waals surface area (Å²) in [5, 5.41) is 3.80. The second-order valence-electron chi connectivity index (χ2n) is 4.35. The van der Waals surface area contributed by atoms with Gasteiger partial charge in [-0.2, -0.15) is 0 Å².